The van der Waals surface area contributed by atoms with Crippen molar-refractivity contribution in [1.29, 1.82) is 0 Å². The third-order valence-corrected chi connectivity index (χ3v) is 2.62. The van der Waals surface area contributed by atoms with Gasteiger partial charge in [0.2, 0.25) is 5.91 Å². The van der Waals surface area contributed by atoms with Crippen LogP contribution in [0.1, 0.15) is 32.8 Å². The molecule has 0 atom stereocenters. The Hall–Kier alpha value is -1.68. The van der Waals surface area contributed by atoms with Crippen LogP contribution in [0, 0.1) is 5.41 Å². The summed E-state index contributed by atoms with van der Waals surface area (Å²) in [5.41, 5.74) is 0.661. The van der Waals surface area contributed by atoms with Crippen molar-refractivity contribution in [1.82, 2.24) is 0 Å². The van der Waals surface area contributed by atoms with Gasteiger partial charge in [0, 0.05) is 16.7 Å². The van der Waals surface area contributed by atoms with Gasteiger partial charge < -0.3 is 10.4 Å². The average molecular weight is 249 g/mol. The van der Waals surface area contributed by atoms with Crippen molar-refractivity contribution in [2.75, 3.05) is 5.32 Å². The molecule has 98 valence electrons. The molecule has 0 heterocycles. The molecular formula is C14H19NO3. The second-order valence-corrected chi connectivity index (χ2v) is 5.21. The molecule has 0 aliphatic rings. The Morgan fingerprint density at radius 2 is 1.83 bits per heavy atom. The summed E-state index contributed by atoms with van der Waals surface area (Å²) in [6.07, 6.45) is -0.150. The molecular weight excluding hydrogens is 230 g/mol. The lowest BCUT2D eigenvalue weighted by Gasteiger charge is -2.16. The summed E-state index contributed by atoms with van der Waals surface area (Å²) >= 11 is 0. The van der Waals surface area contributed by atoms with Crippen molar-refractivity contribution in [3.8, 4) is 0 Å². The van der Waals surface area contributed by atoms with Gasteiger partial charge in [-0.15, -0.1) is 0 Å². The minimum Gasteiger partial charge on any atom is -0.392 e. The number of aliphatic hydroxyl groups is 1. The highest BCUT2D eigenvalue weighted by molar-refractivity contribution is 6.06. The number of carbonyl (C=O) groups is 2. The normalized spacial score (nSPS) is 11.1. The number of Topliss-reactive ketones (excluding diaryl/α,β-unsaturated/α-hetero) is 1. The minimum atomic E-state index is -0.520. The Labute approximate surface area is 107 Å². The van der Waals surface area contributed by atoms with E-state index in [2.05, 4.69) is 5.32 Å². The van der Waals surface area contributed by atoms with Crippen LogP contribution >= 0.6 is 0 Å². The van der Waals surface area contributed by atoms with Gasteiger partial charge in [-0.2, -0.15) is 0 Å². The van der Waals surface area contributed by atoms with E-state index in [1.54, 1.807) is 45.0 Å². The number of rotatable bonds is 4. The molecule has 0 saturated carbocycles. The molecule has 0 bridgehead atoms. The van der Waals surface area contributed by atoms with Gasteiger partial charge in [-0.3, -0.25) is 9.59 Å². The highest BCUT2D eigenvalue weighted by Gasteiger charge is 2.23. The maximum atomic E-state index is 11.7. The van der Waals surface area contributed by atoms with E-state index in [9.17, 15) is 9.59 Å². The fraction of sp³-hybridized carbons (Fsp3) is 0.429. The first-order chi connectivity index (χ1) is 8.34. The average Bonchev–Trinajstić information content (AvgIpc) is 2.28. The molecule has 1 rings (SSSR count). The third kappa shape index (κ3) is 3.96. The number of hydrogen-bond acceptors (Lipinski definition) is 3. The zero-order chi connectivity index (χ0) is 13.8. The Bertz CT molecular complexity index is 447. The van der Waals surface area contributed by atoms with E-state index in [4.69, 9.17) is 5.11 Å². The van der Waals surface area contributed by atoms with Gasteiger partial charge >= 0.3 is 0 Å². The lowest BCUT2D eigenvalue weighted by molar-refractivity contribution is -0.130. The monoisotopic (exact) mass is 249 g/mol. The first kappa shape index (κ1) is 14.4. The molecule has 0 aliphatic heterocycles. The van der Waals surface area contributed by atoms with Gasteiger partial charge in [0.05, 0.1) is 13.0 Å². The van der Waals surface area contributed by atoms with Gasteiger partial charge in [-0.25, -0.2) is 0 Å². The number of para-hydroxylation sites is 1. The smallest absolute Gasteiger partial charge is 0.231 e. The molecule has 0 fully saturated rings. The lowest BCUT2D eigenvalue weighted by Crippen LogP contribution is -2.26. The summed E-state index contributed by atoms with van der Waals surface area (Å²) < 4.78 is 0. The molecule has 0 aliphatic carbocycles. The zero-order valence-electron chi connectivity index (χ0n) is 11.0. The molecule has 1 aromatic rings. The van der Waals surface area contributed by atoms with Crippen molar-refractivity contribution in [3.05, 3.63) is 29.8 Å². The fourth-order valence-electron chi connectivity index (χ4n) is 1.39. The summed E-state index contributed by atoms with van der Waals surface area (Å²) in [7, 11) is 0. The number of aliphatic hydroxyl groups excluding tert-OH is 1. The topological polar surface area (TPSA) is 66.4 Å². The summed E-state index contributed by atoms with van der Waals surface area (Å²) in [6, 6.07) is 6.97. The van der Waals surface area contributed by atoms with Crippen molar-refractivity contribution in [2.45, 2.75) is 33.8 Å². The molecule has 0 spiro atoms. The van der Waals surface area contributed by atoms with E-state index in [0.717, 1.165) is 0 Å². The quantitative estimate of drug-likeness (QED) is 0.803. The largest absolute Gasteiger partial charge is 0.392 e. The number of ketones is 1. The molecule has 4 nitrogen and oxygen atoms in total. The molecule has 0 aromatic heterocycles. The number of anilines is 1. The van der Waals surface area contributed by atoms with E-state index in [0.29, 0.717) is 11.3 Å². The van der Waals surface area contributed by atoms with E-state index in [1.165, 1.54) is 0 Å². The molecule has 0 saturated heterocycles. The van der Waals surface area contributed by atoms with Crippen LogP contribution < -0.4 is 5.32 Å². The van der Waals surface area contributed by atoms with Crippen LogP contribution in [0.3, 0.4) is 0 Å². The van der Waals surface area contributed by atoms with Crippen molar-refractivity contribution in [3.63, 3.8) is 0 Å². The predicted molar refractivity (Wildman–Crippen MR) is 70.1 cm³/mol. The molecule has 1 aromatic carbocycles. The van der Waals surface area contributed by atoms with Crippen LogP contribution in [-0.4, -0.2) is 16.8 Å². The van der Waals surface area contributed by atoms with Crippen LogP contribution in [0.2, 0.25) is 0 Å². The van der Waals surface area contributed by atoms with Gasteiger partial charge in [0.25, 0.3) is 0 Å². The molecule has 4 heteroatoms. The highest BCUT2D eigenvalue weighted by Crippen LogP contribution is 2.18. The van der Waals surface area contributed by atoms with Gasteiger partial charge in [-0.1, -0.05) is 39.0 Å². The number of benzene rings is 1. The van der Waals surface area contributed by atoms with Gasteiger partial charge in [-0.05, 0) is 6.07 Å². The molecule has 2 N–H and O–H groups in total. The lowest BCUT2D eigenvalue weighted by atomic mass is 9.89. The van der Waals surface area contributed by atoms with E-state index >= 15 is 0 Å². The Kier molecular flexibility index (Phi) is 4.62. The van der Waals surface area contributed by atoms with Gasteiger partial charge in [0.1, 0.15) is 5.78 Å². The molecule has 0 radical (unpaired) electrons. The number of hydrogen-bond donors (Lipinski definition) is 2. The number of nitrogens with one attached hydrogen (secondary N) is 1. The number of carbonyl (C=O) groups excluding carboxylic acids is 2. The van der Waals surface area contributed by atoms with Crippen LogP contribution in [0.25, 0.3) is 0 Å². The summed E-state index contributed by atoms with van der Waals surface area (Å²) in [5.74, 6) is -0.461. The Balaban J connectivity index is 2.68. The second kappa shape index (κ2) is 5.78. The predicted octanol–water partition coefficient (Wildman–Crippen LogP) is 2.12. The maximum Gasteiger partial charge on any atom is 0.231 e. The Morgan fingerprint density at radius 1 is 1.22 bits per heavy atom. The van der Waals surface area contributed by atoms with E-state index in [1.807, 2.05) is 0 Å². The minimum absolute atomic E-state index is 0.110. The summed E-state index contributed by atoms with van der Waals surface area (Å²) in [4.78, 5) is 23.4. The van der Waals surface area contributed by atoms with E-state index in [-0.39, 0.29) is 24.7 Å². The standard InChI is InChI=1S/C14H19NO3/c1-14(2,3)12(17)8-13(18)15-11-7-5-4-6-10(11)9-16/h4-7,16H,8-9H2,1-3H3,(H,15,18). The van der Waals surface area contributed by atoms with Crippen LogP contribution in [0.5, 0.6) is 0 Å². The zero-order valence-corrected chi connectivity index (χ0v) is 11.0. The van der Waals surface area contributed by atoms with Crippen LogP contribution in [0.15, 0.2) is 24.3 Å². The van der Waals surface area contributed by atoms with E-state index < -0.39 is 5.41 Å². The molecule has 18 heavy (non-hydrogen) atoms. The summed E-state index contributed by atoms with van der Waals surface area (Å²) in [6.45, 7) is 5.20. The van der Waals surface area contributed by atoms with Crippen LogP contribution in [-0.2, 0) is 16.2 Å². The van der Waals surface area contributed by atoms with Gasteiger partial charge in [0.15, 0.2) is 0 Å². The Morgan fingerprint density at radius 3 is 2.39 bits per heavy atom. The second-order valence-electron chi connectivity index (χ2n) is 5.21. The number of amides is 1. The third-order valence-electron chi connectivity index (χ3n) is 2.62. The van der Waals surface area contributed by atoms with Crippen molar-refractivity contribution in [2.24, 2.45) is 5.41 Å². The molecule has 1 amide bonds. The first-order valence-electron chi connectivity index (χ1n) is 5.86. The SMILES string of the molecule is CC(C)(C)C(=O)CC(=O)Nc1ccccc1CO. The summed E-state index contributed by atoms with van der Waals surface area (Å²) in [5, 5.41) is 11.8. The van der Waals surface area contributed by atoms with Crippen LogP contribution in [0.4, 0.5) is 5.69 Å². The first-order valence-corrected chi connectivity index (χ1v) is 5.86. The highest BCUT2D eigenvalue weighted by atomic mass is 16.3. The van der Waals surface area contributed by atoms with Crippen molar-refractivity contribution < 1.29 is 14.7 Å². The molecule has 0 unspecified atom stereocenters. The van der Waals surface area contributed by atoms with Crippen molar-refractivity contribution >= 4 is 17.4 Å². The fourth-order valence-corrected chi connectivity index (χ4v) is 1.39. The maximum absolute atomic E-state index is 11.7.